The summed E-state index contributed by atoms with van der Waals surface area (Å²) in [6.07, 6.45) is 8.94. The highest BCUT2D eigenvalue weighted by atomic mass is 16.5. The summed E-state index contributed by atoms with van der Waals surface area (Å²) in [5.41, 5.74) is 3.25. The highest BCUT2D eigenvalue weighted by Gasteiger charge is 2.10. The van der Waals surface area contributed by atoms with E-state index in [0.29, 0.717) is 29.2 Å². The molecule has 0 aliphatic rings. The minimum atomic E-state index is -0.0776. The van der Waals surface area contributed by atoms with Crippen LogP contribution in [0.3, 0.4) is 0 Å². The van der Waals surface area contributed by atoms with Gasteiger partial charge in [-0.3, -0.25) is 4.79 Å². The van der Waals surface area contributed by atoms with Gasteiger partial charge < -0.3 is 14.2 Å². The van der Waals surface area contributed by atoms with Crippen LogP contribution in [0.4, 0.5) is 0 Å². The number of hydrogen-bond donors (Lipinski definition) is 1. The molecule has 1 amide bonds. The third-order valence-electron chi connectivity index (χ3n) is 3.89. The molecular formula is C19H30N2O4. The molecule has 0 unspecified atom stereocenters. The van der Waals surface area contributed by atoms with Crippen molar-refractivity contribution in [3.8, 4) is 17.2 Å². The first-order valence-electron chi connectivity index (χ1n) is 8.78. The van der Waals surface area contributed by atoms with Crippen molar-refractivity contribution in [1.29, 1.82) is 0 Å². The number of methoxy groups -OCH3 is 3. The lowest BCUT2D eigenvalue weighted by atomic mass is 10.1. The average Bonchev–Trinajstić information content (AvgIpc) is 2.64. The Bertz CT molecular complexity index is 559. The van der Waals surface area contributed by atoms with Crippen molar-refractivity contribution < 1.29 is 19.0 Å². The molecule has 0 atom stereocenters. The van der Waals surface area contributed by atoms with Crippen molar-refractivity contribution in [2.75, 3.05) is 21.3 Å². The van der Waals surface area contributed by atoms with Crippen molar-refractivity contribution in [3.05, 3.63) is 17.7 Å². The van der Waals surface area contributed by atoms with Gasteiger partial charge in [0, 0.05) is 18.1 Å². The van der Waals surface area contributed by atoms with Crippen molar-refractivity contribution in [2.45, 2.75) is 51.9 Å². The standard InChI is InChI=1S/C19H30N2O4/c1-5-6-7-8-9-10-11-19(22)21-20-14-15-12-17(24-3)18(25-4)13-16(15)23-2/h12-14H,5-11H2,1-4H3,(H,21,22). The molecule has 0 saturated heterocycles. The first-order chi connectivity index (χ1) is 12.2. The van der Waals surface area contributed by atoms with Crippen molar-refractivity contribution in [2.24, 2.45) is 5.10 Å². The molecule has 25 heavy (non-hydrogen) atoms. The molecule has 0 aromatic heterocycles. The molecule has 0 saturated carbocycles. The summed E-state index contributed by atoms with van der Waals surface area (Å²) >= 11 is 0. The molecule has 0 bridgehead atoms. The monoisotopic (exact) mass is 350 g/mol. The molecule has 1 aromatic rings. The number of hydrazone groups is 1. The van der Waals surface area contributed by atoms with Gasteiger partial charge in [0.05, 0.1) is 27.5 Å². The van der Waals surface area contributed by atoms with E-state index in [2.05, 4.69) is 17.5 Å². The van der Waals surface area contributed by atoms with E-state index in [1.54, 1.807) is 39.7 Å². The van der Waals surface area contributed by atoms with Crippen LogP contribution in [-0.2, 0) is 4.79 Å². The fourth-order valence-corrected chi connectivity index (χ4v) is 2.45. The zero-order valence-corrected chi connectivity index (χ0v) is 15.8. The molecule has 0 radical (unpaired) electrons. The predicted octanol–water partition coefficient (Wildman–Crippen LogP) is 3.91. The fourth-order valence-electron chi connectivity index (χ4n) is 2.45. The molecule has 1 rings (SSSR count). The molecule has 140 valence electrons. The Morgan fingerprint density at radius 2 is 1.56 bits per heavy atom. The summed E-state index contributed by atoms with van der Waals surface area (Å²) in [4.78, 5) is 11.8. The summed E-state index contributed by atoms with van der Waals surface area (Å²) in [5, 5.41) is 4.01. The lowest BCUT2D eigenvalue weighted by molar-refractivity contribution is -0.121. The Balaban J connectivity index is 2.51. The average molecular weight is 350 g/mol. The quantitative estimate of drug-likeness (QED) is 0.352. The minimum Gasteiger partial charge on any atom is -0.496 e. The van der Waals surface area contributed by atoms with Crippen LogP contribution >= 0.6 is 0 Å². The summed E-state index contributed by atoms with van der Waals surface area (Å²) in [6.45, 7) is 2.19. The van der Waals surface area contributed by atoms with Gasteiger partial charge in [-0.05, 0) is 12.5 Å². The fraction of sp³-hybridized carbons (Fsp3) is 0.579. The molecule has 0 aliphatic carbocycles. The van der Waals surface area contributed by atoms with E-state index < -0.39 is 0 Å². The number of carbonyl (C=O) groups is 1. The number of benzene rings is 1. The Labute approximate surface area is 150 Å². The van der Waals surface area contributed by atoms with Crippen LogP contribution in [0.1, 0.15) is 57.4 Å². The van der Waals surface area contributed by atoms with Gasteiger partial charge in [-0.25, -0.2) is 5.43 Å². The van der Waals surface area contributed by atoms with Gasteiger partial charge in [-0.2, -0.15) is 5.10 Å². The first-order valence-corrected chi connectivity index (χ1v) is 8.78. The molecule has 0 fully saturated rings. The van der Waals surface area contributed by atoms with Crippen molar-refractivity contribution >= 4 is 12.1 Å². The van der Waals surface area contributed by atoms with Crippen LogP contribution in [-0.4, -0.2) is 33.5 Å². The molecule has 1 aromatic carbocycles. The van der Waals surface area contributed by atoms with Gasteiger partial charge in [-0.15, -0.1) is 0 Å². The highest BCUT2D eigenvalue weighted by molar-refractivity contribution is 5.86. The van der Waals surface area contributed by atoms with Crippen LogP contribution in [0.15, 0.2) is 17.2 Å². The molecule has 0 aliphatic heterocycles. The molecule has 6 heteroatoms. The lowest BCUT2D eigenvalue weighted by Gasteiger charge is -2.11. The second-order valence-corrected chi connectivity index (χ2v) is 5.76. The number of nitrogens with zero attached hydrogens (tertiary/aromatic N) is 1. The summed E-state index contributed by atoms with van der Waals surface area (Å²) in [6, 6.07) is 3.47. The van der Waals surface area contributed by atoms with Gasteiger partial charge in [0.2, 0.25) is 5.91 Å². The van der Waals surface area contributed by atoms with E-state index in [4.69, 9.17) is 14.2 Å². The van der Waals surface area contributed by atoms with Crippen LogP contribution in [0.2, 0.25) is 0 Å². The highest BCUT2D eigenvalue weighted by Crippen LogP contribution is 2.33. The SMILES string of the molecule is CCCCCCCCC(=O)NN=Cc1cc(OC)c(OC)cc1OC. The lowest BCUT2D eigenvalue weighted by Crippen LogP contribution is -2.17. The van der Waals surface area contributed by atoms with E-state index in [1.165, 1.54) is 25.7 Å². The molecule has 0 heterocycles. The Morgan fingerprint density at radius 3 is 2.20 bits per heavy atom. The van der Waals surface area contributed by atoms with Gasteiger partial charge >= 0.3 is 0 Å². The number of amides is 1. The normalized spacial score (nSPS) is 10.7. The van der Waals surface area contributed by atoms with Crippen LogP contribution < -0.4 is 19.6 Å². The predicted molar refractivity (Wildman–Crippen MR) is 99.8 cm³/mol. The maximum Gasteiger partial charge on any atom is 0.240 e. The van der Waals surface area contributed by atoms with Crippen LogP contribution in [0.5, 0.6) is 17.2 Å². The molecule has 6 nitrogen and oxygen atoms in total. The summed E-state index contributed by atoms with van der Waals surface area (Å²) < 4.78 is 15.8. The number of ether oxygens (including phenoxy) is 3. The Morgan fingerprint density at radius 1 is 0.960 bits per heavy atom. The largest absolute Gasteiger partial charge is 0.496 e. The summed E-state index contributed by atoms with van der Waals surface area (Å²) in [5.74, 6) is 1.66. The number of hydrogen-bond acceptors (Lipinski definition) is 5. The van der Waals surface area contributed by atoms with E-state index >= 15 is 0 Å². The molecule has 0 spiro atoms. The molecule has 1 N–H and O–H groups in total. The number of nitrogens with one attached hydrogen (secondary N) is 1. The van der Waals surface area contributed by atoms with E-state index in [9.17, 15) is 4.79 Å². The summed E-state index contributed by atoms with van der Waals surface area (Å²) in [7, 11) is 4.69. The maximum absolute atomic E-state index is 11.8. The zero-order valence-electron chi connectivity index (χ0n) is 15.8. The van der Waals surface area contributed by atoms with Gasteiger partial charge in [0.15, 0.2) is 11.5 Å². The van der Waals surface area contributed by atoms with E-state index in [0.717, 1.165) is 12.8 Å². The van der Waals surface area contributed by atoms with Crippen molar-refractivity contribution in [1.82, 2.24) is 5.43 Å². The maximum atomic E-state index is 11.8. The van der Waals surface area contributed by atoms with Crippen LogP contribution in [0, 0.1) is 0 Å². The zero-order chi connectivity index (χ0) is 18.5. The molecular weight excluding hydrogens is 320 g/mol. The van der Waals surface area contributed by atoms with Gasteiger partial charge in [0.25, 0.3) is 0 Å². The number of unbranched alkanes of at least 4 members (excludes halogenated alkanes) is 5. The second kappa shape index (κ2) is 12.2. The Hall–Kier alpha value is -2.24. The first kappa shape index (κ1) is 20.8. The smallest absolute Gasteiger partial charge is 0.240 e. The topological polar surface area (TPSA) is 69.2 Å². The van der Waals surface area contributed by atoms with Crippen LogP contribution in [0.25, 0.3) is 0 Å². The third-order valence-corrected chi connectivity index (χ3v) is 3.89. The van der Waals surface area contributed by atoms with Gasteiger partial charge in [0.1, 0.15) is 5.75 Å². The Kier molecular flexibility index (Phi) is 10.1. The third kappa shape index (κ3) is 7.45. The van der Waals surface area contributed by atoms with Gasteiger partial charge in [-0.1, -0.05) is 39.0 Å². The van der Waals surface area contributed by atoms with E-state index in [-0.39, 0.29) is 5.91 Å². The van der Waals surface area contributed by atoms with E-state index in [1.807, 2.05) is 0 Å². The second-order valence-electron chi connectivity index (χ2n) is 5.76. The number of carbonyl (C=O) groups excluding carboxylic acids is 1. The number of rotatable bonds is 12. The van der Waals surface area contributed by atoms with Crippen molar-refractivity contribution in [3.63, 3.8) is 0 Å². The minimum absolute atomic E-state index is 0.0776.